The maximum Gasteiger partial charge on any atom is 0.312 e. The Hall–Kier alpha value is -1.14. The highest BCUT2D eigenvalue weighted by Crippen LogP contribution is 2.10. The van der Waals surface area contributed by atoms with Crippen molar-refractivity contribution in [3.63, 3.8) is 0 Å². The molecule has 0 N–H and O–H groups in total. The van der Waals surface area contributed by atoms with Crippen LogP contribution in [0.5, 0.6) is 0 Å². The normalized spacial score (nSPS) is 17.5. The predicted octanol–water partition coefficient (Wildman–Crippen LogP) is -0.315. The molecule has 0 atom stereocenters. The Kier molecular flexibility index (Phi) is 4.89. The zero-order valence-corrected chi connectivity index (χ0v) is 10.8. The van der Waals surface area contributed by atoms with Crippen LogP contribution in [0.1, 0.15) is 13.8 Å². The molecule has 0 saturated carbocycles. The second kappa shape index (κ2) is 5.97. The summed E-state index contributed by atoms with van der Waals surface area (Å²) in [5, 5.41) is 0. The molecule has 0 aromatic carbocycles. The molecule has 1 rings (SSSR count). The second-order valence-electron chi connectivity index (χ2n) is 4.24. The Balaban J connectivity index is 2.62. The first kappa shape index (κ1) is 13.9. The monoisotopic (exact) mass is 244 g/mol. The van der Waals surface area contributed by atoms with Gasteiger partial charge in [-0.3, -0.25) is 9.59 Å². The lowest BCUT2D eigenvalue weighted by molar-refractivity contribution is -0.164. The first-order chi connectivity index (χ1) is 8.01. The molecule has 1 fully saturated rings. The van der Waals surface area contributed by atoms with Crippen molar-refractivity contribution >= 4 is 11.8 Å². The molecule has 0 aromatic heterocycles. The number of methoxy groups -OCH3 is 2. The van der Waals surface area contributed by atoms with Crippen LogP contribution < -0.4 is 0 Å². The number of piperazine rings is 1. The van der Waals surface area contributed by atoms with Gasteiger partial charge in [0.15, 0.2) is 6.29 Å². The first-order valence-electron chi connectivity index (χ1n) is 5.66. The van der Waals surface area contributed by atoms with E-state index in [1.54, 1.807) is 4.90 Å². The number of amides is 2. The van der Waals surface area contributed by atoms with Crippen LogP contribution in [0.25, 0.3) is 0 Å². The minimum atomic E-state index is -0.489. The van der Waals surface area contributed by atoms with Crippen LogP contribution in [0.3, 0.4) is 0 Å². The van der Waals surface area contributed by atoms with E-state index in [4.69, 9.17) is 9.47 Å². The van der Waals surface area contributed by atoms with Gasteiger partial charge in [-0.05, 0) is 13.8 Å². The van der Waals surface area contributed by atoms with E-state index in [1.165, 1.54) is 19.1 Å². The van der Waals surface area contributed by atoms with Crippen molar-refractivity contribution in [2.75, 3.05) is 33.9 Å². The molecule has 0 bridgehead atoms. The van der Waals surface area contributed by atoms with E-state index in [1.807, 2.05) is 13.8 Å². The number of hydrogen-bond donors (Lipinski definition) is 0. The molecular weight excluding hydrogens is 224 g/mol. The molecule has 0 radical (unpaired) electrons. The van der Waals surface area contributed by atoms with Gasteiger partial charge in [-0.2, -0.15) is 0 Å². The molecule has 0 aliphatic carbocycles. The highest BCUT2D eigenvalue weighted by molar-refractivity contribution is 6.35. The van der Waals surface area contributed by atoms with Gasteiger partial charge in [0.25, 0.3) is 0 Å². The molecule has 6 heteroatoms. The maximum atomic E-state index is 11.8. The van der Waals surface area contributed by atoms with Crippen LogP contribution in [0.4, 0.5) is 0 Å². The summed E-state index contributed by atoms with van der Waals surface area (Å²) in [4.78, 5) is 26.7. The summed E-state index contributed by atoms with van der Waals surface area (Å²) < 4.78 is 10.0. The SMILES string of the molecule is COC(CN1CCN(C(C)C)C(=O)C1=O)OC. The number of carbonyl (C=O) groups is 2. The molecule has 98 valence electrons. The van der Waals surface area contributed by atoms with E-state index in [0.29, 0.717) is 13.1 Å². The van der Waals surface area contributed by atoms with Crippen LogP contribution in [-0.2, 0) is 19.1 Å². The van der Waals surface area contributed by atoms with Gasteiger partial charge in [0.1, 0.15) is 0 Å². The standard InChI is InChI=1S/C11H20N2O4/c1-8(2)13-6-5-12(10(14)11(13)15)7-9(16-3)17-4/h8-9H,5-7H2,1-4H3. The van der Waals surface area contributed by atoms with E-state index in [-0.39, 0.29) is 12.6 Å². The van der Waals surface area contributed by atoms with Crippen molar-refractivity contribution in [3.8, 4) is 0 Å². The quantitative estimate of drug-likeness (QED) is 0.491. The van der Waals surface area contributed by atoms with Crippen LogP contribution in [-0.4, -0.2) is 67.8 Å². The van der Waals surface area contributed by atoms with Crippen LogP contribution in [0.15, 0.2) is 0 Å². The zero-order chi connectivity index (χ0) is 13.0. The highest BCUT2D eigenvalue weighted by atomic mass is 16.7. The molecule has 1 aliphatic heterocycles. The Morgan fingerprint density at radius 3 is 2.18 bits per heavy atom. The molecule has 1 aliphatic rings. The van der Waals surface area contributed by atoms with Gasteiger partial charge in [-0.1, -0.05) is 0 Å². The minimum Gasteiger partial charge on any atom is -0.354 e. The van der Waals surface area contributed by atoms with Gasteiger partial charge in [-0.25, -0.2) is 0 Å². The number of rotatable bonds is 5. The van der Waals surface area contributed by atoms with Gasteiger partial charge in [0.05, 0.1) is 6.54 Å². The average Bonchev–Trinajstić information content (AvgIpc) is 2.30. The Labute approximate surface area is 101 Å². The summed E-state index contributed by atoms with van der Waals surface area (Å²) in [5.74, 6) is -0.929. The summed E-state index contributed by atoms with van der Waals surface area (Å²) in [6, 6.07) is 0.0502. The van der Waals surface area contributed by atoms with Crippen LogP contribution >= 0.6 is 0 Å². The van der Waals surface area contributed by atoms with Crippen LogP contribution in [0.2, 0.25) is 0 Å². The van der Waals surface area contributed by atoms with Gasteiger partial charge in [-0.15, -0.1) is 0 Å². The maximum absolute atomic E-state index is 11.8. The molecule has 1 saturated heterocycles. The molecule has 0 spiro atoms. The van der Waals surface area contributed by atoms with E-state index in [9.17, 15) is 9.59 Å². The van der Waals surface area contributed by atoms with Gasteiger partial charge < -0.3 is 19.3 Å². The second-order valence-corrected chi connectivity index (χ2v) is 4.24. The van der Waals surface area contributed by atoms with E-state index in [0.717, 1.165) is 0 Å². The molecular formula is C11H20N2O4. The van der Waals surface area contributed by atoms with Crippen molar-refractivity contribution in [3.05, 3.63) is 0 Å². The predicted molar refractivity (Wildman–Crippen MR) is 61.2 cm³/mol. The van der Waals surface area contributed by atoms with Crippen molar-refractivity contribution < 1.29 is 19.1 Å². The summed E-state index contributed by atoms with van der Waals surface area (Å²) in [5.41, 5.74) is 0. The van der Waals surface area contributed by atoms with E-state index < -0.39 is 18.1 Å². The zero-order valence-electron chi connectivity index (χ0n) is 10.8. The molecule has 0 unspecified atom stereocenters. The van der Waals surface area contributed by atoms with Crippen LogP contribution in [0, 0.1) is 0 Å². The summed E-state index contributed by atoms with van der Waals surface area (Å²) in [7, 11) is 3.01. The molecule has 1 heterocycles. The lowest BCUT2D eigenvalue weighted by atomic mass is 10.2. The van der Waals surface area contributed by atoms with Crippen molar-refractivity contribution in [1.82, 2.24) is 9.80 Å². The lowest BCUT2D eigenvalue weighted by Gasteiger charge is -2.36. The first-order valence-corrected chi connectivity index (χ1v) is 5.66. The Morgan fingerprint density at radius 2 is 1.71 bits per heavy atom. The number of hydrogen-bond acceptors (Lipinski definition) is 4. The van der Waals surface area contributed by atoms with E-state index >= 15 is 0 Å². The molecule has 6 nitrogen and oxygen atoms in total. The van der Waals surface area contributed by atoms with Gasteiger partial charge in [0.2, 0.25) is 0 Å². The van der Waals surface area contributed by atoms with Gasteiger partial charge >= 0.3 is 11.8 Å². The fraction of sp³-hybridized carbons (Fsp3) is 0.818. The van der Waals surface area contributed by atoms with Crippen molar-refractivity contribution in [2.45, 2.75) is 26.2 Å². The molecule has 17 heavy (non-hydrogen) atoms. The summed E-state index contributed by atoms with van der Waals surface area (Å²) in [6.07, 6.45) is -0.489. The summed E-state index contributed by atoms with van der Waals surface area (Å²) >= 11 is 0. The van der Waals surface area contributed by atoms with Crippen molar-refractivity contribution in [2.24, 2.45) is 0 Å². The minimum absolute atomic E-state index is 0.0502. The lowest BCUT2D eigenvalue weighted by Crippen LogP contribution is -2.57. The van der Waals surface area contributed by atoms with Crippen molar-refractivity contribution in [1.29, 1.82) is 0 Å². The third-order valence-corrected chi connectivity index (χ3v) is 2.86. The van der Waals surface area contributed by atoms with Gasteiger partial charge in [0, 0.05) is 33.4 Å². The summed E-state index contributed by atoms with van der Waals surface area (Å²) in [6.45, 7) is 5.15. The molecule has 0 aromatic rings. The average molecular weight is 244 g/mol. The smallest absolute Gasteiger partial charge is 0.312 e. The molecule has 2 amide bonds. The number of ether oxygens (including phenoxy) is 2. The number of nitrogens with zero attached hydrogens (tertiary/aromatic N) is 2. The number of carbonyl (C=O) groups excluding carboxylic acids is 2. The third-order valence-electron chi connectivity index (χ3n) is 2.86. The fourth-order valence-corrected chi connectivity index (χ4v) is 1.78. The fourth-order valence-electron chi connectivity index (χ4n) is 1.78. The Morgan fingerprint density at radius 1 is 1.12 bits per heavy atom. The topological polar surface area (TPSA) is 59.1 Å². The largest absolute Gasteiger partial charge is 0.354 e. The highest BCUT2D eigenvalue weighted by Gasteiger charge is 2.34. The Bertz CT molecular complexity index is 289. The third kappa shape index (κ3) is 3.17. The van der Waals surface area contributed by atoms with E-state index in [2.05, 4.69) is 0 Å².